The van der Waals surface area contributed by atoms with Gasteiger partial charge in [0.2, 0.25) is 5.91 Å². The first-order valence-electron chi connectivity index (χ1n) is 7.86. The van der Waals surface area contributed by atoms with E-state index in [0.717, 1.165) is 22.8 Å². The van der Waals surface area contributed by atoms with Crippen LogP contribution in [-0.4, -0.2) is 15.5 Å². The Morgan fingerprint density at radius 3 is 2.92 bits per heavy atom. The fraction of sp³-hybridized carbons (Fsp3) is 0.158. The molecule has 0 saturated carbocycles. The van der Waals surface area contributed by atoms with Crippen molar-refractivity contribution in [2.75, 3.05) is 0 Å². The fourth-order valence-corrected chi connectivity index (χ4v) is 4.09. The maximum atomic E-state index is 12.7. The molecule has 2 aromatic carbocycles. The summed E-state index contributed by atoms with van der Waals surface area (Å²) in [5.41, 5.74) is 1.04. The Labute approximate surface area is 144 Å². The second-order valence-electron chi connectivity index (χ2n) is 5.81. The standard InChI is InChI=1S/C19H17N3OS/c23-18(13-16-7-3-6-15-5-1-2-8-17(15)16)21-19(9-4-12-24-19)22-11-10-20-14-22/h1-8,10-12,14H,9,13H2,(H,21,23). The van der Waals surface area contributed by atoms with Crippen LogP contribution in [0.1, 0.15) is 12.0 Å². The molecule has 2 heterocycles. The Kier molecular flexibility index (Phi) is 3.86. The molecule has 0 spiro atoms. The Morgan fingerprint density at radius 1 is 1.25 bits per heavy atom. The van der Waals surface area contributed by atoms with Gasteiger partial charge in [-0.2, -0.15) is 0 Å². The number of aromatic nitrogens is 2. The Bertz CT molecular complexity index is 889. The van der Waals surface area contributed by atoms with Crippen LogP contribution in [0, 0.1) is 0 Å². The molecule has 3 aromatic rings. The first-order chi connectivity index (χ1) is 11.8. The summed E-state index contributed by atoms with van der Waals surface area (Å²) in [4.78, 5) is 16.3. The normalized spacial score (nSPS) is 19.7. The summed E-state index contributed by atoms with van der Waals surface area (Å²) in [6.07, 6.45) is 8.55. The Hall–Kier alpha value is -2.53. The third-order valence-electron chi connectivity index (χ3n) is 4.24. The van der Waals surface area contributed by atoms with E-state index in [2.05, 4.69) is 34.6 Å². The van der Waals surface area contributed by atoms with Gasteiger partial charge >= 0.3 is 0 Å². The number of hydrogen-bond donors (Lipinski definition) is 1. The lowest BCUT2D eigenvalue weighted by molar-refractivity contribution is -0.122. The first-order valence-corrected chi connectivity index (χ1v) is 8.74. The van der Waals surface area contributed by atoms with Crippen molar-refractivity contribution in [1.29, 1.82) is 0 Å². The van der Waals surface area contributed by atoms with E-state index in [4.69, 9.17) is 0 Å². The molecule has 5 heteroatoms. The lowest BCUT2D eigenvalue weighted by Gasteiger charge is -2.30. The minimum atomic E-state index is -0.502. The van der Waals surface area contributed by atoms with Crippen LogP contribution in [0.3, 0.4) is 0 Å². The summed E-state index contributed by atoms with van der Waals surface area (Å²) in [5.74, 6) is 0.0104. The first kappa shape index (κ1) is 15.0. The van der Waals surface area contributed by atoms with Crippen molar-refractivity contribution in [3.63, 3.8) is 0 Å². The largest absolute Gasteiger partial charge is 0.324 e. The molecule has 0 aliphatic carbocycles. The number of hydrogen-bond acceptors (Lipinski definition) is 3. The predicted octanol–water partition coefficient (Wildman–Crippen LogP) is 3.66. The number of nitrogens with zero attached hydrogens (tertiary/aromatic N) is 2. The summed E-state index contributed by atoms with van der Waals surface area (Å²) in [6.45, 7) is 0. The summed E-state index contributed by atoms with van der Waals surface area (Å²) >= 11 is 1.60. The van der Waals surface area contributed by atoms with Gasteiger partial charge in [-0.25, -0.2) is 4.98 Å². The highest BCUT2D eigenvalue weighted by atomic mass is 32.2. The number of amides is 1. The van der Waals surface area contributed by atoms with E-state index in [-0.39, 0.29) is 5.91 Å². The zero-order chi connectivity index (χ0) is 16.4. The lowest BCUT2D eigenvalue weighted by Crippen LogP contribution is -2.46. The van der Waals surface area contributed by atoms with Gasteiger partial charge in [0, 0.05) is 18.8 Å². The van der Waals surface area contributed by atoms with Crippen molar-refractivity contribution in [3.8, 4) is 0 Å². The second-order valence-corrected chi connectivity index (χ2v) is 6.99. The number of fused-ring (bicyclic) bond motifs is 1. The van der Waals surface area contributed by atoms with Crippen molar-refractivity contribution >= 4 is 28.4 Å². The van der Waals surface area contributed by atoms with Crippen molar-refractivity contribution < 1.29 is 4.79 Å². The molecule has 4 rings (SSSR count). The maximum absolute atomic E-state index is 12.7. The minimum absolute atomic E-state index is 0.0104. The number of nitrogens with one attached hydrogen (secondary N) is 1. The van der Waals surface area contributed by atoms with Gasteiger partial charge in [-0.1, -0.05) is 60.3 Å². The molecule has 4 nitrogen and oxygen atoms in total. The number of carbonyl (C=O) groups is 1. The zero-order valence-electron chi connectivity index (χ0n) is 13.1. The molecule has 0 bridgehead atoms. The van der Waals surface area contributed by atoms with Crippen LogP contribution in [0.4, 0.5) is 0 Å². The maximum Gasteiger partial charge on any atom is 0.226 e. The Morgan fingerprint density at radius 2 is 2.12 bits per heavy atom. The van der Waals surface area contributed by atoms with Gasteiger partial charge in [-0.15, -0.1) is 0 Å². The van der Waals surface area contributed by atoms with Crippen LogP contribution < -0.4 is 5.32 Å². The molecule has 1 amide bonds. The molecule has 1 aliphatic heterocycles. The van der Waals surface area contributed by atoms with Gasteiger partial charge in [0.25, 0.3) is 0 Å². The van der Waals surface area contributed by atoms with Gasteiger partial charge in [-0.3, -0.25) is 4.79 Å². The van der Waals surface area contributed by atoms with Crippen LogP contribution in [0.5, 0.6) is 0 Å². The zero-order valence-corrected chi connectivity index (χ0v) is 13.9. The van der Waals surface area contributed by atoms with Crippen LogP contribution >= 0.6 is 11.8 Å². The van der Waals surface area contributed by atoms with Crippen LogP contribution in [0.2, 0.25) is 0 Å². The number of imidazole rings is 1. The van der Waals surface area contributed by atoms with E-state index in [1.807, 2.05) is 40.4 Å². The van der Waals surface area contributed by atoms with Gasteiger partial charge in [0.1, 0.15) is 0 Å². The third kappa shape index (κ3) is 2.71. The van der Waals surface area contributed by atoms with Crippen molar-refractivity contribution in [2.45, 2.75) is 17.8 Å². The number of rotatable bonds is 4. The van der Waals surface area contributed by atoms with Gasteiger partial charge in [-0.05, 0) is 21.7 Å². The number of thioether (sulfide) groups is 1. The van der Waals surface area contributed by atoms with Crippen molar-refractivity contribution in [1.82, 2.24) is 14.9 Å². The van der Waals surface area contributed by atoms with Crippen LogP contribution in [0.15, 0.2) is 72.7 Å². The minimum Gasteiger partial charge on any atom is -0.324 e. The smallest absolute Gasteiger partial charge is 0.226 e. The summed E-state index contributed by atoms with van der Waals surface area (Å²) in [7, 11) is 0. The topological polar surface area (TPSA) is 46.9 Å². The monoisotopic (exact) mass is 335 g/mol. The molecule has 1 N–H and O–H groups in total. The molecule has 0 fully saturated rings. The average Bonchev–Trinajstić information content (AvgIpc) is 3.27. The molecule has 1 aromatic heterocycles. The van der Waals surface area contributed by atoms with Crippen LogP contribution in [0.25, 0.3) is 10.8 Å². The Balaban J connectivity index is 1.58. The lowest BCUT2D eigenvalue weighted by atomic mass is 10.0. The highest BCUT2D eigenvalue weighted by molar-refractivity contribution is 8.03. The SMILES string of the molecule is O=C(Cc1cccc2ccccc12)NC1(n2ccnc2)CC=CS1. The molecule has 120 valence electrons. The molecule has 24 heavy (non-hydrogen) atoms. The fourth-order valence-electron chi connectivity index (χ4n) is 3.08. The van der Waals surface area contributed by atoms with E-state index in [1.165, 1.54) is 0 Å². The molecular weight excluding hydrogens is 318 g/mol. The van der Waals surface area contributed by atoms with Gasteiger partial charge < -0.3 is 9.88 Å². The summed E-state index contributed by atoms with van der Waals surface area (Å²) < 4.78 is 1.96. The van der Waals surface area contributed by atoms with E-state index in [1.54, 1.807) is 24.3 Å². The molecule has 1 aliphatic rings. The highest BCUT2D eigenvalue weighted by Crippen LogP contribution is 2.38. The molecule has 1 atom stereocenters. The van der Waals surface area contributed by atoms with Crippen molar-refractivity contribution in [3.05, 3.63) is 78.2 Å². The van der Waals surface area contributed by atoms with Crippen molar-refractivity contribution in [2.24, 2.45) is 0 Å². The van der Waals surface area contributed by atoms with E-state index < -0.39 is 4.99 Å². The average molecular weight is 335 g/mol. The van der Waals surface area contributed by atoms with Gasteiger partial charge in [0.05, 0.1) is 12.7 Å². The predicted molar refractivity (Wildman–Crippen MR) is 97.3 cm³/mol. The van der Waals surface area contributed by atoms with Crippen LogP contribution in [-0.2, 0) is 16.2 Å². The van der Waals surface area contributed by atoms with E-state index in [0.29, 0.717) is 6.42 Å². The molecule has 0 saturated heterocycles. The third-order valence-corrected chi connectivity index (χ3v) is 5.44. The second kappa shape index (κ2) is 6.17. The molecule has 1 unspecified atom stereocenters. The molecule has 0 radical (unpaired) electrons. The molecular formula is C19H17N3OS. The summed E-state index contributed by atoms with van der Waals surface area (Å²) in [5, 5.41) is 7.50. The van der Waals surface area contributed by atoms with E-state index >= 15 is 0 Å². The number of benzene rings is 2. The highest BCUT2D eigenvalue weighted by Gasteiger charge is 2.35. The summed E-state index contributed by atoms with van der Waals surface area (Å²) in [6, 6.07) is 14.2. The van der Waals surface area contributed by atoms with E-state index in [9.17, 15) is 4.79 Å². The quantitative estimate of drug-likeness (QED) is 0.791. The number of carbonyl (C=O) groups excluding carboxylic acids is 1. The van der Waals surface area contributed by atoms with Gasteiger partial charge in [0.15, 0.2) is 4.99 Å².